The SMILES string of the molecule is C=C(N)NC(=S)Nc1ccc(C(C)C)cc1. The van der Waals surface area contributed by atoms with E-state index in [2.05, 4.69) is 43.2 Å². The molecule has 0 saturated heterocycles. The minimum absolute atomic E-state index is 0.330. The molecule has 0 saturated carbocycles. The number of hydrogen-bond acceptors (Lipinski definition) is 2. The van der Waals surface area contributed by atoms with Crippen molar-refractivity contribution in [1.29, 1.82) is 0 Å². The molecule has 86 valence electrons. The van der Waals surface area contributed by atoms with Crippen LogP contribution in [0.15, 0.2) is 36.7 Å². The fourth-order valence-electron chi connectivity index (χ4n) is 1.26. The van der Waals surface area contributed by atoms with Gasteiger partial charge in [-0.25, -0.2) is 0 Å². The highest BCUT2D eigenvalue weighted by atomic mass is 32.1. The number of nitrogens with one attached hydrogen (secondary N) is 2. The van der Waals surface area contributed by atoms with Crippen molar-refractivity contribution >= 4 is 23.0 Å². The second kappa shape index (κ2) is 5.51. The smallest absolute Gasteiger partial charge is 0.176 e. The van der Waals surface area contributed by atoms with Crippen LogP contribution in [0.25, 0.3) is 0 Å². The van der Waals surface area contributed by atoms with Crippen LogP contribution in [-0.4, -0.2) is 5.11 Å². The first-order chi connectivity index (χ1) is 7.49. The number of rotatable bonds is 3. The molecule has 0 unspecified atom stereocenters. The summed E-state index contributed by atoms with van der Waals surface area (Å²) in [6.07, 6.45) is 0. The predicted octanol–water partition coefficient (Wildman–Crippen LogP) is 2.53. The van der Waals surface area contributed by atoms with Crippen LogP contribution < -0.4 is 16.4 Å². The monoisotopic (exact) mass is 235 g/mol. The molecule has 4 N–H and O–H groups in total. The quantitative estimate of drug-likeness (QED) is 0.705. The molecule has 1 aromatic rings. The van der Waals surface area contributed by atoms with Crippen molar-refractivity contribution in [1.82, 2.24) is 5.32 Å². The van der Waals surface area contributed by atoms with Crippen LogP contribution in [0.4, 0.5) is 5.69 Å². The molecule has 16 heavy (non-hydrogen) atoms. The molecule has 0 aliphatic heterocycles. The van der Waals surface area contributed by atoms with E-state index < -0.39 is 0 Å². The Bertz CT molecular complexity index is 382. The average molecular weight is 235 g/mol. The fraction of sp³-hybridized carbons (Fsp3) is 0.250. The molecule has 0 amide bonds. The summed E-state index contributed by atoms with van der Waals surface area (Å²) in [6, 6.07) is 8.13. The van der Waals surface area contributed by atoms with Gasteiger partial charge < -0.3 is 16.4 Å². The lowest BCUT2D eigenvalue weighted by molar-refractivity contribution is 0.867. The normalized spacial score (nSPS) is 9.94. The molecule has 1 rings (SSSR count). The molecule has 1 aromatic carbocycles. The van der Waals surface area contributed by atoms with E-state index in [0.29, 0.717) is 16.9 Å². The Morgan fingerprint density at radius 1 is 1.31 bits per heavy atom. The Morgan fingerprint density at radius 2 is 1.88 bits per heavy atom. The zero-order valence-electron chi connectivity index (χ0n) is 9.58. The summed E-state index contributed by atoms with van der Waals surface area (Å²) >= 11 is 5.03. The summed E-state index contributed by atoms with van der Waals surface area (Å²) in [5.74, 6) is 0.860. The van der Waals surface area contributed by atoms with Gasteiger partial charge in [-0.15, -0.1) is 0 Å². The van der Waals surface area contributed by atoms with Crippen LogP contribution in [0.1, 0.15) is 25.3 Å². The van der Waals surface area contributed by atoms with Crippen molar-refractivity contribution in [2.75, 3.05) is 5.32 Å². The Kier molecular flexibility index (Phi) is 4.31. The van der Waals surface area contributed by atoms with Gasteiger partial charge in [-0.05, 0) is 35.8 Å². The van der Waals surface area contributed by atoms with Gasteiger partial charge in [-0.1, -0.05) is 32.6 Å². The first kappa shape index (κ1) is 12.5. The molecule has 0 atom stereocenters. The topological polar surface area (TPSA) is 50.1 Å². The van der Waals surface area contributed by atoms with E-state index in [-0.39, 0.29) is 0 Å². The van der Waals surface area contributed by atoms with Gasteiger partial charge in [0.1, 0.15) is 0 Å². The lowest BCUT2D eigenvalue weighted by Gasteiger charge is -2.11. The van der Waals surface area contributed by atoms with Crippen LogP contribution >= 0.6 is 12.2 Å². The molecular formula is C12H17N3S. The van der Waals surface area contributed by atoms with Crippen LogP contribution in [0.2, 0.25) is 0 Å². The van der Waals surface area contributed by atoms with Crippen molar-refractivity contribution in [3.63, 3.8) is 0 Å². The van der Waals surface area contributed by atoms with Gasteiger partial charge in [0, 0.05) is 5.69 Å². The molecule has 3 nitrogen and oxygen atoms in total. The molecule has 0 spiro atoms. The summed E-state index contributed by atoms with van der Waals surface area (Å²) in [5.41, 5.74) is 7.61. The molecule has 0 aliphatic carbocycles. The van der Waals surface area contributed by atoms with Crippen molar-refractivity contribution in [2.45, 2.75) is 19.8 Å². The van der Waals surface area contributed by atoms with Crippen LogP contribution in [0.3, 0.4) is 0 Å². The second-order valence-electron chi connectivity index (χ2n) is 3.88. The van der Waals surface area contributed by atoms with E-state index in [1.807, 2.05) is 12.1 Å². The van der Waals surface area contributed by atoms with E-state index in [1.54, 1.807) is 0 Å². The third-order valence-electron chi connectivity index (χ3n) is 2.11. The van der Waals surface area contributed by atoms with E-state index in [0.717, 1.165) is 5.69 Å². The van der Waals surface area contributed by atoms with E-state index in [9.17, 15) is 0 Å². The van der Waals surface area contributed by atoms with Gasteiger partial charge in [0.05, 0.1) is 5.82 Å². The third-order valence-corrected chi connectivity index (χ3v) is 2.31. The minimum Gasteiger partial charge on any atom is -0.386 e. The molecule has 0 fully saturated rings. The highest BCUT2D eigenvalue weighted by molar-refractivity contribution is 7.80. The summed E-state index contributed by atoms with van der Waals surface area (Å²) in [7, 11) is 0. The molecule has 0 bridgehead atoms. The summed E-state index contributed by atoms with van der Waals surface area (Å²) in [4.78, 5) is 0. The van der Waals surface area contributed by atoms with Gasteiger partial charge in [-0.2, -0.15) is 0 Å². The fourth-order valence-corrected chi connectivity index (χ4v) is 1.51. The standard InChI is InChI=1S/C12H17N3S/c1-8(2)10-4-6-11(7-5-10)15-12(16)14-9(3)13/h4-8H,3,13H2,1-2H3,(H2,14,15,16). The number of thiocarbonyl (C=S) groups is 1. The minimum atomic E-state index is 0.330. The zero-order chi connectivity index (χ0) is 12.1. The Labute approximate surface area is 102 Å². The van der Waals surface area contributed by atoms with Gasteiger partial charge >= 0.3 is 0 Å². The molecule has 0 radical (unpaired) electrons. The maximum atomic E-state index is 5.38. The highest BCUT2D eigenvalue weighted by Gasteiger charge is 2.00. The van der Waals surface area contributed by atoms with Gasteiger partial charge in [0.2, 0.25) is 0 Å². The van der Waals surface area contributed by atoms with Gasteiger partial charge in [0.25, 0.3) is 0 Å². The summed E-state index contributed by atoms with van der Waals surface area (Å²) < 4.78 is 0. The first-order valence-electron chi connectivity index (χ1n) is 5.11. The molecule has 0 aliphatic rings. The van der Waals surface area contributed by atoms with Crippen LogP contribution in [0, 0.1) is 0 Å². The van der Waals surface area contributed by atoms with Crippen molar-refractivity contribution in [2.24, 2.45) is 5.73 Å². The number of hydrogen-bond donors (Lipinski definition) is 3. The third kappa shape index (κ3) is 3.90. The molecule has 0 heterocycles. The Morgan fingerprint density at radius 3 is 2.31 bits per heavy atom. The lowest BCUT2D eigenvalue weighted by atomic mass is 10.0. The number of benzene rings is 1. The van der Waals surface area contributed by atoms with Crippen LogP contribution in [-0.2, 0) is 0 Å². The predicted molar refractivity (Wildman–Crippen MR) is 73.2 cm³/mol. The molecule has 4 heteroatoms. The highest BCUT2D eigenvalue weighted by Crippen LogP contribution is 2.16. The maximum absolute atomic E-state index is 5.38. The lowest BCUT2D eigenvalue weighted by Crippen LogP contribution is -2.30. The molecular weight excluding hydrogens is 218 g/mol. The summed E-state index contributed by atoms with van der Waals surface area (Å²) in [6.45, 7) is 7.83. The number of anilines is 1. The first-order valence-corrected chi connectivity index (χ1v) is 5.52. The van der Waals surface area contributed by atoms with Crippen molar-refractivity contribution in [3.05, 3.63) is 42.2 Å². The average Bonchev–Trinajstić information content (AvgIpc) is 2.16. The second-order valence-corrected chi connectivity index (χ2v) is 4.29. The van der Waals surface area contributed by atoms with Crippen molar-refractivity contribution in [3.8, 4) is 0 Å². The zero-order valence-corrected chi connectivity index (χ0v) is 10.4. The van der Waals surface area contributed by atoms with Gasteiger partial charge in [0.15, 0.2) is 5.11 Å². The van der Waals surface area contributed by atoms with E-state index in [1.165, 1.54) is 5.56 Å². The number of nitrogens with two attached hydrogens (primary N) is 1. The largest absolute Gasteiger partial charge is 0.386 e. The van der Waals surface area contributed by atoms with Gasteiger partial charge in [-0.3, -0.25) is 0 Å². The van der Waals surface area contributed by atoms with E-state index >= 15 is 0 Å². The Hall–Kier alpha value is -1.55. The maximum Gasteiger partial charge on any atom is 0.176 e. The van der Waals surface area contributed by atoms with Crippen molar-refractivity contribution < 1.29 is 0 Å². The van der Waals surface area contributed by atoms with Crippen LogP contribution in [0.5, 0.6) is 0 Å². The summed E-state index contributed by atoms with van der Waals surface area (Å²) in [5, 5.41) is 6.20. The van der Waals surface area contributed by atoms with E-state index in [4.69, 9.17) is 18.0 Å². The Balaban J connectivity index is 2.62. The molecule has 0 aromatic heterocycles.